The van der Waals surface area contributed by atoms with Crippen molar-refractivity contribution in [1.29, 1.82) is 0 Å². The Labute approximate surface area is 264 Å². The van der Waals surface area contributed by atoms with E-state index in [1.54, 1.807) is 0 Å². The van der Waals surface area contributed by atoms with Crippen LogP contribution in [0.4, 0.5) is 0 Å². The number of fused-ring (bicyclic) bond motifs is 3. The minimum absolute atomic E-state index is 0.0108. The van der Waals surface area contributed by atoms with Crippen LogP contribution in [0.25, 0.3) is 11.1 Å². The standard InChI is InChI=1S/C37H42O8/c38-17-5-21-42-33-15-13-27(25-35(33)44-23-7-19-40)37(31-11-3-1-9-29(31)30-10-2-4-12-32(30)37)28-14-16-34(43-22-6-18-39)36(26-28)45-24-8-20-41/h1-4,9-16,25-26,38-41H,5-8,17-24H2. The predicted octanol–water partition coefficient (Wildman–Crippen LogP) is 5.09. The normalized spacial score (nSPS) is 12.8. The van der Waals surface area contributed by atoms with Gasteiger partial charge in [-0.25, -0.2) is 0 Å². The van der Waals surface area contributed by atoms with Gasteiger partial charge in [-0.05, 0) is 57.6 Å². The van der Waals surface area contributed by atoms with E-state index in [0.29, 0.717) is 75.1 Å². The smallest absolute Gasteiger partial charge is 0.161 e. The van der Waals surface area contributed by atoms with Gasteiger partial charge >= 0.3 is 0 Å². The number of ether oxygens (including phenoxy) is 4. The van der Waals surface area contributed by atoms with E-state index < -0.39 is 5.41 Å². The average Bonchev–Trinajstić information content (AvgIpc) is 3.37. The summed E-state index contributed by atoms with van der Waals surface area (Å²) in [6, 6.07) is 28.8. The molecule has 5 rings (SSSR count). The van der Waals surface area contributed by atoms with Crippen molar-refractivity contribution < 1.29 is 39.4 Å². The molecule has 1 aliphatic carbocycles. The van der Waals surface area contributed by atoms with Crippen LogP contribution in [0.5, 0.6) is 23.0 Å². The van der Waals surface area contributed by atoms with Crippen LogP contribution in [0.15, 0.2) is 84.9 Å². The summed E-state index contributed by atoms with van der Waals surface area (Å²) in [6.07, 6.45) is 1.94. The van der Waals surface area contributed by atoms with Crippen molar-refractivity contribution in [3.63, 3.8) is 0 Å². The third-order valence-electron chi connectivity index (χ3n) is 7.95. The molecule has 4 N–H and O–H groups in total. The average molecular weight is 615 g/mol. The van der Waals surface area contributed by atoms with E-state index in [9.17, 15) is 20.4 Å². The number of aliphatic hydroxyl groups excluding tert-OH is 4. The van der Waals surface area contributed by atoms with Gasteiger partial charge in [0.05, 0.1) is 31.8 Å². The lowest BCUT2D eigenvalue weighted by atomic mass is 9.67. The van der Waals surface area contributed by atoms with E-state index in [2.05, 4.69) is 60.7 Å². The lowest BCUT2D eigenvalue weighted by Gasteiger charge is -2.34. The van der Waals surface area contributed by atoms with Crippen LogP contribution >= 0.6 is 0 Å². The molecule has 0 atom stereocenters. The number of aliphatic hydroxyl groups is 4. The molecule has 8 nitrogen and oxygen atoms in total. The van der Waals surface area contributed by atoms with E-state index in [-0.39, 0.29) is 26.4 Å². The molecule has 238 valence electrons. The second kappa shape index (κ2) is 15.8. The fourth-order valence-electron chi connectivity index (χ4n) is 5.96. The van der Waals surface area contributed by atoms with E-state index in [1.165, 1.54) is 0 Å². The van der Waals surface area contributed by atoms with E-state index >= 15 is 0 Å². The first-order chi connectivity index (χ1) is 22.2. The molecular weight excluding hydrogens is 572 g/mol. The maximum Gasteiger partial charge on any atom is 0.161 e. The fourth-order valence-corrected chi connectivity index (χ4v) is 5.96. The summed E-state index contributed by atoms with van der Waals surface area (Å²) in [4.78, 5) is 0. The van der Waals surface area contributed by atoms with Gasteiger partial charge in [-0.15, -0.1) is 0 Å². The molecule has 0 saturated carbocycles. The quantitative estimate of drug-likeness (QED) is 0.101. The topological polar surface area (TPSA) is 118 Å². The van der Waals surface area contributed by atoms with Crippen LogP contribution in [0.1, 0.15) is 47.9 Å². The minimum atomic E-state index is -0.759. The molecule has 0 radical (unpaired) electrons. The lowest BCUT2D eigenvalue weighted by Crippen LogP contribution is -2.29. The number of hydrogen-bond donors (Lipinski definition) is 4. The molecule has 0 fully saturated rings. The number of benzene rings is 4. The van der Waals surface area contributed by atoms with Crippen molar-refractivity contribution in [1.82, 2.24) is 0 Å². The third-order valence-corrected chi connectivity index (χ3v) is 7.95. The molecule has 4 aromatic carbocycles. The van der Waals surface area contributed by atoms with Crippen LogP contribution in [-0.4, -0.2) is 73.3 Å². The molecule has 0 aromatic heterocycles. The second-order valence-electron chi connectivity index (χ2n) is 10.9. The van der Waals surface area contributed by atoms with Crippen LogP contribution < -0.4 is 18.9 Å². The van der Waals surface area contributed by atoms with Gasteiger partial charge < -0.3 is 39.4 Å². The van der Waals surface area contributed by atoms with E-state index in [4.69, 9.17) is 18.9 Å². The van der Waals surface area contributed by atoms with Gasteiger partial charge in [-0.3, -0.25) is 0 Å². The van der Waals surface area contributed by atoms with Gasteiger partial charge in [0.2, 0.25) is 0 Å². The highest BCUT2D eigenvalue weighted by Crippen LogP contribution is 2.57. The predicted molar refractivity (Wildman–Crippen MR) is 173 cm³/mol. The molecule has 0 aliphatic heterocycles. The Morgan fingerprint density at radius 2 is 0.778 bits per heavy atom. The van der Waals surface area contributed by atoms with Gasteiger partial charge in [0.15, 0.2) is 23.0 Å². The minimum Gasteiger partial charge on any atom is -0.490 e. The highest BCUT2D eigenvalue weighted by Gasteiger charge is 2.46. The number of hydrogen-bond acceptors (Lipinski definition) is 8. The summed E-state index contributed by atoms with van der Waals surface area (Å²) < 4.78 is 24.4. The molecule has 45 heavy (non-hydrogen) atoms. The van der Waals surface area contributed by atoms with Gasteiger partial charge in [0, 0.05) is 52.1 Å². The molecule has 0 heterocycles. The maximum absolute atomic E-state index is 9.43. The first-order valence-electron chi connectivity index (χ1n) is 15.6. The molecule has 4 aromatic rings. The molecule has 0 spiro atoms. The van der Waals surface area contributed by atoms with Crippen molar-refractivity contribution in [2.24, 2.45) is 0 Å². The maximum atomic E-state index is 9.43. The monoisotopic (exact) mass is 614 g/mol. The Morgan fingerprint density at radius 3 is 1.16 bits per heavy atom. The van der Waals surface area contributed by atoms with Crippen molar-refractivity contribution in [3.8, 4) is 34.1 Å². The summed E-state index contributed by atoms with van der Waals surface area (Å²) in [6.45, 7) is 1.40. The Bertz CT molecular complexity index is 1420. The van der Waals surface area contributed by atoms with Crippen LogP contribution in [0.2, 0.25) is 0 Å². The van der Waals surface area contributed by atoms with E-state index in [0.717, 1.165) is 33.4 Å². The van der Waals surface area contributed by atoms with Crippen molar-refractivity contribution in [2.45, 2.75) is 31.1 Å². The zero-order valence-electron chi connectivity index (χ0n) is 25.5. The molecule has 0 bridgehead atoms. The highest BCUT2D eigenvalue weighted by molar-refractivity contribution is 5.86. The van der Waals surface area contributed by atoms with E-state index in [1.807, 2.05) is 24.3 Å². The fraction of sp³-hybridized carbons (Fsp3) is 0.351. The third kappa shape index (κ3) is 6.79. The summed E-state index contributed by atoms with van der Waals surface area (Å²) in [7, 11) is 0. The Morgan fingerprint density at radius 1 is 0.422 bits per heavy atom. The van der Waals surface area contributed by atoms with Crippen LogP contribution in [-0.2, 0) is 5.41 Å². The van der Waals surface area contributed by atoms with Crippen molar-refractivity contribution in [2.75, 3.05) is 52.9 Å². The summed E-state index contributed by atoms with van der Waals surface area (Å²) >= 11 is 0. The first-order valence-corrected chi connectivity index (χ1v) is 15.6. The highest BCUT2D eigenvalue weighted by atomic mass is 16.5. The molecule has 0 saturated heterocycles. The first kappa shape index (κ1) is 32.3. The Hall–Kier alpha value is -4.08. The van der Waals surface area contributed by atoms with Crippen LogP contribution in [0, 0.1) is 0 Å². The molecule has 0 unspecified atom stereocenters. The summed E-state index contributed by atoms with van der Waals surface area (Å²) in [5.41, 5.74) is 5.64. The van der Waals surface area contributed by atoms with Crippen LogP contribution in [0.3, 0.4) is 0 Å². The largest absolute Gasteiger partial charge is 0.490 e. The van der Waals surface area contributed by atoms with Crippen molar-refractivity contribution in [3.05, 3.63) is 107 Å². The van der Waals surface area contributed by atoms with Gasteiger partial charge in [-0.2, -0.15) is 0 Å². The SMILES string of the molecule is OCCCOc1ccc(C2(c3ccc(OCCCO)c(OCCCO)c3)c3ccccc3-c3ccccc32)cc1OCCCO. The summed E-state index contributed by atoms with van der Waals surface area (Å²) in [5.74, 6) is 2.26. The molecule has 0 amide bonds. The number of rotatable bonds is 18. The van der Waals surface area contributed by atoms with Crippen molar-refractivity contribution >= 4 is 0 Å². The van der Waals surface area contributed by atoms with Gasteiger partial charge in [0.25, 0.3) is 0 Å². The zero-order chi connectivity index (χ0) is 31.5. The van der Waals surface area contributed by atoms with Gasteiger partial charge in [-0.1, -0.05) is 60.7 Å². The molecular formula is C37H42O8. The Kier molecular flexibility index (Phi) is 11.3. The lowest BCUT2D eigenvalue weighted by molar-refractivity contribution is 0.210. The summed E-state index contributed by atoms with van der Waals surface area (Å²) in [5, 5.41) is 37.5. The van der Waals surface area contributed by atoms with Gasteiger partial charge in [0.1, 0.15) is 0 Å². The Balaban J connectivity index is 1.73. The molecule has 8 heteroatoms. The second-order valence-corrected chi connectivity index (χ2v) is 10.9. The molecule has 1 aliphatic rings. The zero-order valence-corrected chi connectivity index (χ0v) is 25.5.